The molecule has 0 fully saturated rings. The van der Waals surface area contributed by atoms with E-state index < -0.39 is 60.4 Å². The summed E-state index contributed by atoms with van der Waals surface area (Å²) < 4.78 is 94.3. The lowest BCUT2D eigenvalue weighted by molar-refractivity contribution is 0.483. The van der Waals surface area contributed by atoms with Gasteiger partial charge in [-0.05, 0) is 71.3 Å². The first-order chi connectivity index (χ1) is 32.9. The minimum absolute atomic E-state index is 0.126. The molecule has 0 amide bonds. The Bertz CT molecular complexity index is 3470. The Hall–Kier alpha value is -7.89. The van der Waals surface area contributed by atoms with Gasteiger partial charge in [-0.25, -0.2) is 4.98 Å². The second kappa shape index (κ2) is 15.3. The number of hydrogen-bond acceptors (Lipinski definition) is 4. The van der Waals surface area contributed by atoms with Crippen LogP contribution < -0.4 is 15.4 Å². The molecule has 10 rings (SSSR count). The predicted octanol–water partition coefficient (Wildman–Crippen LogP) is 14.5. The van der Waals surface area contributed by atoms with Gasteiger partial charge < -0.3 is 15.4 Å². The quantitative estimate of drug-likeness (QED) is 0.146. The summed E-state index contributed by atoms with van der Waals surface area (Å²) in [5.41, 5.74) is 5.93. The molecule has 0 aliphatic heterocycles. The zero-order valence-corrected chi connectivity index (χ0v) is 30.8. The molecule has 0 atom stereocenters. The summed E-state index contributed by atoms with van der Waals surface area (Å²) in [5.74, 6) is 1.91. The van der Waals surface area contributed by atoms with Gasteiger partial charge in [0, 0.05) is 51.5 Å². The molecule has 2 aromatic heterocycles. The van der Waals surface area contributed by atoms with Crippen LogP contribution in [0.5, 0.6) is 11.5 Å². The minimum Gasteiger partial charge on any atom is -0.457 e. The van der Waals surface area contributed by atoms with Crippen LogP contribution in [0.2, 0.25) is 0 Å². The van der Waals surface area contributed by atoms with Crippen molar-refractivity contribution in [2.75, 3.05) is 10.6 Å². The molecule has 276 valence electrons. The summed E-state index contributed by atoms with van der Waals surface area (Å²) in [6.45, 7) is 0. The maximum Gasteiger partial charge on any atom is 0.137 e. The molecular formula is C53H38N4O. The highest BCUT2D eigenvalue weighted by Gasteiger charge is 2.16. The van der Waals surface area contributed by atoms with Crippen LogP contribution >= 0.6 is 0 Å². The molecule has 0 radical (unpaired) electrons. The van der Waals surface area contributed by atoms with Gasteiger partial charge in [0.25, 0.3) is 0 Å². The van der Waals surface area contributed by atoms with Crippen molar-refractivity contribution in [1.29, 1.82) is 0 Å². The zero-order valence-electron chi connectivity index (χ0n) is 40.8. The number of hydrogen-bond donors (Lipinski definition) is 2. The highest BCUT2D eigenvalue weighted by Crippen LogP contribution is 2.41. The first kappa shape index (κ1) is 25.3. The van der Waals surface area contributed by atoms with E-state index in [-0.39, 0.29) is 27.9 Å². The van der Waals surface area contributed by atoms with Gasteiger partial charge in [-0.15, -0.1) is 0 Å². The van der Waals surface area contributed by atoms with Crippen molar-refractivity contribution in [1.82, 2.24) is 9.55 Å². The molecule has 10 aromatic rings. The summed E-state index contributed by atoms with van der Waals surface area (Å²) in [5, 5.41) is 8.97. The third-order valence-electron chi connectivity index (χ3n) is 9.87. The minimum atomic E-state index is -0.563. The number of para-hydroxylation sites is 4. The topological polar surface area (TPSA) is 51.1 Å². The van der Waals surface area contributed by atoms with Gasteiger partial charge in [-0.3, -0.25) is 4.57 Å². The number of benzene rings is 8. The molecule has 0 bridgehead atoms. The second-order valence-corrected chi connectivity index (χ2v) is 13.5. The molecule has 5 nitrogen and oxygen atoms in total. The normalized spacial score (nSPS) is 13.5. The van der Waals surface area contributed by atoms with Crippen LogP contribution in [0.1, 0.15) is 13.7 Å². The number of nitrogens with one attached hydrogen (secondary N) is 2. The predicted molar refractivity (Wildman–Crippen MR) is 241 cm³/mol. The molecule has 5 heteroatoms. The van der Waals surface area contributed by atoms with Crippen LogP contribution in [0.3, 0.4) is 0 Å². The fourth-order valence-electron chi connectivity index (χ4n) is 7.22. The van der Waals surface area contributed by atoms with Crippen molar-refractivity contribution in [3.8, 4) is 50.7 Å². The lowest BCUT2D eigenvalue weighted by Crippen LogP contribution is -2.00. The van der Waals surface area contributed by atoms with Gasteiger partial charge in [0.2, 0.25) is 0 Å². The van der Waals surface area contributed by atoms with Crippen LogP contribution in [-0.2, 0) is 0 Å². The van der Waals surface area contributed by atoms with E-state index in [2.05, 4.69) is 45.5 Å². The van der Waals surface area contributed by atoms with Crippen LogP contribution in [0.4, 0.5) is 22.7 Å². The molecule has 0 aliphatic carbocycles. The average molecular weight is 757 g/mol. The van der Waals surface area contributed by atoms with Crippen molar-refractivity contribution < 1.29 is 18.4 Å². The van der Waals surface area contributed by atoms with Crippen LogP contribution in [0.15, 0.2) is 218 Å². The largest absolute Gasteiger partial charge is 0.457 e. The fraction of sp³-hybridized carbons (Fsp3) is 0. The third-order valence-corrected chi connectivity index (χ3v) is 9.87. The van der Waals surface area contributed by atoms with Gasteiger partial charge in [0.05, 0.1) is 41.8 Å². The monoisotopic (exact) mass is 756 g/mol. The number of ether oxygens (including phenoxy) is 1. The van der Waals surface area contributed by atoms with E-state index in [9.17, 15) is 0 Å². The SMILES string of the molecule is [2H]c1c([2H])c([2H])c(-c2cccc(-c3c([2H])c([2H])c([2H])c([2H])c3[2H])c2Nc2ccccc2Nc2cccc(Oc3ccc4c5ccccc5n(-c5ccc(-c6ccccc6)cn5)c4c3)c2)c([2H])c1[2H]. The molecule has 0 saturated heterocycles. The lowest BCUT2D eigenvalue weighted by Gasteiger charge is -2.20. The summed E-state index contributed by atoms with van der Waals surface area (Å²) in [6.07, 6.45) is 1.89. The molecule has 0 saturated carbocycles. The summed E-state index contributed by atoms with van der Waals surface area (Å²) >= 11 is 0. The maximum absolute atomic E-state index is 8.86. The second-order valence-electron chi connectivity index (χ2n) is 13.5. The van der Waals surface area contributed by atoms with E-state index >= 15 is 0 Å². The number of nitrogens with zero attached hydrogens (tertiary/aromatic N) is 2. The Morgan fingerprint density at radius 3 is 1.83 bits per heavy atom. The van der Waals surface area contributed by atoms with E-state index in [0.29, 0.717) is 28.6 Å². The third kappa shape index (κ3) is 6.82. The number of aromatic nitrogens is 2. The summed E-state index contributed by atoms with van der Waals surface area (Å²) in [7, 11) is 0. The van der Waals surface area contributed by atoms with Gasteiger partial charge >= 0.3 is 0 Å². The Labute approximate surface area is 351 Å². The Balaban J connectivity index is 1.01. The zero-order chi connectivity index (χ0) is 47.4. The molecule has 8 aromatic carbocycles. The molecule has 0 spiro atoms. The first-order valence-corrected chi connectivity index (χ1v) is 18.6. The number of rotatable bonds is 10. The molecular weight excluding hydrogens is 709 g/mol. The average Bonchev–Trinajstić information content (AvgIpc) is 3.69. The summed E-state index contributed by atoms with van der Waals surface area (Å²) in [4.78, 5) is 4.90. The standard InChI is InChI=1S/C53H38N4O/c1-4-16-37(17-5-1)40-30-33-52(54-36-40)57-50-29-13-10-24-46(50)47-32-31-43(35-51(47)57)58-42-23-14-22-41(34-42)55-48-27-11-12-28-49(48)56-53-44(38-18-6-2-7-19-38)25-15-26-45(53)39-20-8-3-9-21-39/h1-36,55-56H/i2D,3D,6D,7D,8D,9D,18D,19D,20D,21D. The van der Waals surface area contributed by atoms with Gasteiger partial charge in [-0.1, -0.05) is 145 Å². The highest BCUT2D eigenvalue weighted by molar-refractivity contribution is 6.09. The van der Waals surface area contributed by atoms with Crippen LogP contribution in [0.25, 0.3) is 61.0 Å². The number of pyridine rings is 1. The number of anilines is 4. The molecule has 58 heavy (non-hydrogen) atoms. The molecule has 0 aliphatic rings. The number of fused-ring (bicyclic) bond motifs is 3. The fourth-order valence-corrected chi connectivity index (χ4v) is 7.22. The van der Waals surface area contributed by atoms with E-state index in [0.717, 1.165) is 38.8 Å². The maximum atomic E-state index is 8.86. The molecule has 2 N–H and O–H groups in total. The lowest BCUT2D eigenvalue weighted by atomic mass is 9.95. The van der Waals surface area contributed by atoms with Crippen molar-refractivity contribution in [2.24, 2.45) is 0 Å². The Kier molecular flexibility index (Phi) is 6.69. The first-order valence-electron chi connectivity index (χ1n) is 23.6. The van der Waals surface area contributed by atoms with Crippen molar-refractivity contribution in [2.45, 2.75) is 0 Å². The van der Waals surface area contributed by atoms with E-state index in [1.165, 1.54) is 0 Å². The summed E-state index contributed by atoms with van der Waals surface area (Å²) in [6, 6.07) is 42.6. The van der Waals surface area contributed by atoms with Gasteiger partial charge in [0.15, 0.2) is 0 Å². The van der Waals surface area contributed by atoms with Gasteiger partial charge in [-0.2, -0.15) is 0 Å². The van der Waals surface area contributed by atoms with Crippen molar-refractivity contribution in [3.63, 3.8) is 0 Å². The van der Waals surface area contributed by atoms with Gasteiger partial charge in [0.1, 0.15) is 17.3 Å². The van der Waals surface area contributed by atoms with Crippen LogP contribution in [0, 0.1) is 0 Å². The Morgan fingerprint density at radius 1 is 0.466 bits per heavy atom. The highest BCUT2D eigenvalue weighted by atomic mass is 16.5. The smallest absolute Gasteiger partial charge is 0.137 e. The van der Waals surface area contributed by atoms with E-state index in [1.54, 1.807) is 30.3 Å². The van der Waals surface area contributed by atoms with E-state index in [1.807, 2.05) is 97.2 Å². The van der Waals surface area contributed by atoms with Crippen molar-refractivity contribution >= 4 is 44.6 Å². The molecule has 0 unspecified atom stereocenters. The van der Waals surface area contributed by atoms with Crippen molar-refractivity contribution in [3.05, 3.63) is 218 Å². The van der Waals surface area contributed by atoms with E-state index in [4.69, 9.17) is 23.4 Å². The Morgan fingerprint density at radius 2 is 1.10 bits per heavy atom. The van der Waals surface area contributed by atoms with Crippen LogP contribution in [-0.4, -0.2) is 9.55 Å². The molecule has 2 heterocycles.